The molecule has 1 fully saturated rings. The van der Waals surface area contributed by atoms with E-state index in [4.69, 9.17) is 5.11 Å². The highest BCUT2D eigenvalue weighted by Crippen LogP contribution is 2.27. The Kier molecular flexibility index (Phi) is 4.62. The minimum atomic E-state index is -3.50. The van der Waals surface area contributed by atoms with Crippen LogP contribution in [0.3, 0.4) is 0 Å². The molecule has 1 aromatic rings. The van der Waals surface area contributed by atoms with E-state index in [-0.39, 0.29) is 11.5 Å². The van der Waals surface area contributed by atoms with E-state index in [1.165, 1.54) is 10.4 Å². The molecule has 19 heavy (non-hydrogen) atoms. The number of sulfonamides is 1. The average Bonchev–Trinajstić information content (AvgIpc) is 2.39. The van der Waals surface area contributed by atoms with Crippen LogP contribution in [0.1, 0.15) is 5.56 Å². The summed E-state index contributed by atoms with van der Waals surface area (Å²) < 4.78 is 27.2. The predicted octanol–water partition coefficient (Wildman–Crippen LogP) is 0.877. The van der Waals surface area contributed by atoms with E-state index in [9.17, 15) is 8.42 Å². The Balaban J connectivity index is 2.34. The van der Waals surface area contributed by atoms with E-state index in [0.29, 0.717) is 23.1 Å². The largest absolute Gasteiger partial charge is 0.392 e. The van der Waals surface area contributed by atoms with Crippen LogP contribution in [-0.4, -0.2) is 56.0 Å². The van der Waals surface area contributed by atoms with Crippen LogP contribution in [0.4, 0.5) is 0 Å². The zero-order chi connectivity index (χ0) is 14.0. The molecule has 0 saturated carbocycles. The highest BCUT2D eigenvalue weighted by molar-refractivity contribution is 9.10. The van der Waals surface area contributed by atoms with Gasteiger partial charge in [-0.05, 0) is 40.7 Å². The molecular weight excluding hydrogens is 332 g/mol. The average molecular weight is 349 g/mol. The van der Waals surface area contributed by atoms with Crippen LogP contribution in [-0.2, 0) is 16.6 Å². The van der Waals surface area contributed by atoms with Crippen molar-refractivity contribution >= 4 is 26.0 Å². The van der Waals surface area contributed by atoms with E-state index >= 15 is 0 Å². The van der Waals surface area contributed by atoms with Gasteiger partial charge >= 0.3 is 0 Å². The zero-order valence-corrected chi connectivity index (χ0v) is 13.1. The molecule has 0 aliphatic carbocycles. The van der Waals surface area contributed by atoms with Gasteiger partial charge in [0.25, 0.3) is 0 Å². The van der Waals surface area contributed by atoms with Crippen molar-refractivity contribution in [2.45, 2.75) is 11.5 Å². The molecule has 1 heterocycles. The normalized spacial score (nSPS) is 18.7. The molecule has 0 unspecified atom stereocenters. The first-order valence-electron chi connectivity index (χ1n) is 6.03. The van der Waals surface area contributed by atoms with Gasteiger partial charge in [-0.2, -0.15) is 4.31 Å². The Bertz CT molecular complexity index is 554. The molecular formula is C12H17BrN2O3S. The van der Waals surface area contributed by atoms with Crippen LogP contribution >= 0.6 is 15.9 Å². The summed E-state index contributed by atoms with van der Waals surface area (Å²) in [6, 6.07) is 4.89. The van der Waals surface area contributed by atoms with Crippen molar-refractivity contribution in [3.8, 4) is 0 Å². The Morgan fingerprint density at radius 3 is 2.47 bits per heavy atom. The first kappa shape index (κ1) is 14.9. The van der Waals surface area contributed by atoms with E-state index in [0.717, 1.165) is 13.1 Å². The zero-order valence-electron chi connectivity index (χ0n) is 10.7. The molecule has 106 valence electrons. The van der Waals surface area contributed by atoms with Crippen LogP contribution in [0.5, 0.6) is 0 Å². The van der Waals surface area contributed by atoms with Gasteiger partial charge in [-0.15, -0.1) is 0 Å². The molecule has 0 atom stereocenters. The molecule has 1 N–H and O–H groups in total. The minimum absolute atomic E-state index is 0.168. The van der Waals surface area contributed by atoms with Crippen LogP contribution in [0, 0.1) is 0 Å². The maximum Gasteiger partial charge on any atom is 0.244 e. The number of piperazine rings is 1. The van der Waals surface area contributed by atoms with Crippen molar-refractivity contribution in [2.75, 3.05) is 33.2 Å². The van der Waals surface area contributed by atoms with Gasteiger partial charge < -0.3 is 10.0 Å². The summed E-state index contributed by atoms with van der Waals surface area (Å²) in [4.78, 5) is 2.33. The molecule has 1 aliphatic rings. The number of likely N-dealkylation sites (N-methyl/N-ethyl adjacent to an activating group) is 1. The van der Waals surface area contributed by atoms with Crippen LogP contribution in [0.25, 0.3) is 0 Å². The standard InChI is InChI=1S/C12H17BrN2O3S/c1-14-4-6-15(7-5-14)19(17,18)12-8-10(9-16)2-3-11(12)13/h2-3,8,16H,4-7,9H2,1H3. The monoisotopic (exact) mass is 348 g/mol. The van der Waals surface area contributed by atoms with Gasteiger partial charge in [0.05, 0.1) is 11.5 Å². The Morgan fingerprint density at radius 1 is 1.26 bits per heavy atom. The fourth-order valence-electron chi connectivity index (χ4n) is 2.01. The summed E-state index contributed by atoms with van der Waals surface area (Å²) >= 11 is 3.28. The van der Waals surface area contributed by atoms with Gasteiger partial charge in [0, 0.05) is 30.7 Å². The number of rotatable bonds is 3. The first-order chi connectivity index (χ1) is 8.95. The predicted molar refractivity (Wildman–Crippen MR) is 76.3 cm³/mol. The summed E-state index contributed by atoms with van der Waals surface area (Å²) in [6.45, 7) is 2.29. The third-order valence-electron chi connectivity index (χ3n) is 3.26. The second kappa shape index (κ2) is 5.88. The smallest absolute Gasteiger partial charge is 0.244 e. The number of nitrogens with zero attached hydrogens (tertiary/aromatic N) is 2. The lowest BCUT2D eigenvalue weighted by Crippen LogP contribution is -2.47. The summed E-state index contributed by atoms with van der Waals surface area (Å²) in [5, 5.41) is 9.13. The number of hydrogen-bond acceptors (Lipinski definition) is 4. The van der Waals surface area contributed by atoms with Gasteiger partial charge in [0.15, 0.2) is 0 Å². The molecule has 0 radical (unpaired) electrons. The van der Waals surface area contributed by atoms with E-state index < -0.39 is 10.0 Å². The SMILES string of the molecule is CN1CCN(S(=O)(=O)c2cc(CO)ccc2Br)CC1. The van der Waals surface area contributed by atoms with Crippen molar-refractivity contribution in [1.29, 1.82) is 0 Å². The Morgan fingerprint density at radius 2 is 1.89 bits per heavy atom. The second-order valence-corrected chi connectivity index (χ2v) is 7.39. The molecule has 7 heteroatoms. The van der Waals surface area contributed by atoms with Crippen LogP contribution in [0.2, 0.25) is 0 Å². The Labute approximate surface area is 122 Å². The van der Waals surface area contributed by atoms with Crippen molar-refractivity contribution < 1.29 is 13.5 Å². The Hall–Kier alpha value is -0.470. The molecule has 1 aliphatic heterocycles. The number of aliphatic hydroxyl groups is 1. The van der Waals surface area contributed by atoms with Gasteiger partial charge in [-0.25, -0.2) is 8.42 Å². The van der Waals surface area contributed by atoms with Crippen molar-refractivity contribution in [3.63, 3.8) is 0 Å². The van der Waals surface area contributed by atoms with Gasteiger partial charge in [-0.3, -0.25) is 0 Å². The van der Waals surface area contributed by atoms with E-state index in [1.54, 1.807) is 12.1 Å². The molecule has 0 bridgehead atoms. The molecule has 1 saturated heterocycles. The minimum Gasteiger partial charge on any atom is -0.392 e. The lowest BCUT2D eigenvalue weighted by atomic mass is 10.2. The topological polar surface area (TPSA) is 60.9 Å². The number of aliphatic hydroxyl groups excluding tert-OH is 1. The fourth-order valence-corrected chi connectivity index (χ4v) is 4.41. The lowest BCUT2D eigenvalue weighted by molar-refractivity contribution is 0.222. The first-order valence-corrected chi connectivity index (χ1v) is 8.26. The second-order valence-electron chi connectivity index (χ2n) is 4.63. The number of halogens is 1. The van der Waals surface area contributed by atoms with Crippen molar-refractivity contribution in [1.82, 2.24) is 9.21 Å². The number of hydrogen-bond donors (Lipinski definition) is 1. The maximum absolute atomic E-state index is 12.6. The molecule has 0 aromatic heterocycles. The lowest BCUT2D eigenvalue weighted by Gasteiger charge is -2.31. The molecule has 1 aromatic carbocycles. The number of benzene rings is 1. The molecule has 5 nitrogen and oxygen atoms in total. The van der Waals surface area contributed by atoms with Crippen LogP contribution < -0.4 is 0 Å². The van der Waals surface area contributed by atoms with E-state index in [2.05, 4.69) is 20.8 Å². The van der Waals surface area contributed by atoms with Crippen molar-refractivity contribution in [3.05, 3.63) is 28.2 Å². The summed E-state index contributed by atoms with van der Waals surface area (Å²) in [5.74, 6) is 0. The summed E-state index contributed by atoms with van der Waals surface area (Å²) in [6.07, 6.45) is 0. The van der Waals surface area contributed by atoms with Gasteiger partial charge in [0.1, 0.15) is 0 Å². The summed E-state index contributed by atoms with van der Waals surface area (Å²) in [7, 11) is -1.52. The summed E-state index contributed by atoms with van der Waals surface area (Å²) in [5.41, 5.74) is 0.593. The molecule has 2 rings (SSSR count). The van der Waals surface area contributed by atoms with Crippen LogP contribution in [0.15, 0.2) is 27.6 Å². The van der Waals surface area contributed by atoms with E-state index in [1.807, 2.05) is 7.05 Å². The highest BCUT2D eigenvalue weighted by atomic mass is 79.9. The van der Waals surface area contributed by atoms with Crippen molar-refractivity contribution in [2.24, 2.45) is 0 Å². The van der Waals surface area contributed by atoms with Gasteiger partial charge in [0.2, 0.25) is 10.0 Å². The third-order valence-corrected chi connectivity index (χ3v) is 6.15. The molecule has 0 spiro atoms. The molecule has 0 amide bonds. The third kappa shape index (κ3) is 3.17. The highest BCUT2D eigenvalue weighted by Gasteiger charge is 2.29. The van der Waals surface area contributed by atoms with Gasteiger partial charge in [-0.1, -0.05) is 6.07 Å². The quantitative estimate of drug-likeness (QED) is 0.880. The fraction of sp³-hybridized carbons (Fsp3) is 0.500. The maximum atomic E-state index is 12.6.